The van der Waals surface area contributed by atoms with Gasteiger partial charge in [0, 0.05) is 28.9 Å². The maximum Gasteiger partial charge on any atom is 0.311 e. The lowest BCUT2D eigenvalue weighted by atomic mass is 9.71. The second-order valence-electron chi connectivity index (χ2n) is 10.9. The first kappa shape index (κ1) is 26.4. The Morgan fingerprint density at radius 1 is 1.05 bits per heavy atom. The van der Waals surface area contributed by atoms with Crippen molar-refractivity contribution in [1.29, 1.82) is 0 Å². The molecule has 0 radical (unpaired) electrons. The average molecular weight is 523 g/mol. The van der Waals surface area contributed by atoms with Crippen LogP contribution in [0.5, 0.6) is 11.5 Å². The number of hydrogen-bond donors (Lipinski definition) is 3. The Kier molecular flexibility index (Phi) is 7.31. The van der Waals surface area contributed by atoms with Crippen molar-refractivity contribution >= 4 is 22.7 Å². The third-order valence-electron chi connectivity index (χ3n) is 7.83. The third-order valence-corrected chi connectivity index (χ3v) is 7.83. The van der Waals surface area contributed by atoms with Crippen molar-refractivity contribution < 1.29 is 38.8 Å². The van der Waals surface area contributed by atoms with E-state index in [4.69, 9.17) is 19.0 Å². The van der Waals surface area contributed by atoms with E-state index < -0.39 is 24.2 Å². The molecule has 1 heterocycles. The van der Waals surface area contributed by atoms with Gasteiger partial charge in [-0.2, -0.15) is 0 Å². The van der Waals surface area contributed by atoms with Gasteiger partial charge in [-0.1, -0.05) is 19.3 Å². The summed E-state index contributed by atoms with van der Waals surface area (Å²) in [5.41, 5.74) is 1.52. The molecule has 8 heteroatoms. The summed E-state index contributed by atoms with van der Waals surface area (Å²) < 4.78 is 17.5. The molecule has 5 rings (SSSR count). The largest absolute Gasteiger partial charge is 0.491 e. The van der Waals surface area contributed by atoms with Gasteiger partial charge in [0.05, 0.1) is 12.2 Å². The molecule has 0 aliphatic heterocycles. The van der Waals surface area contributed by atoms with Gasteiger partial charge in [0.2, 0.25) is 0 Å². The van der Waals surface area contributed by atoms with Crippen molar-refractivity contribution in [2.75, 3.05) is 13.2 Å². The fourth-order valence-electron chi connectivity index (χ4n) is 5.61. The topological polar surface area (TPSA) is 126 Å². The highest BCUT2D eigenvalue weighted by atomic mass is 16.5. The van der Waals surface area contributed by atoms with Gasteiger partial charge in [-0.25, -0.2) is 0 Å². The standard InChI is InChI=1S/C30H34O8/c1-30(2)22-13-18(36-16-24(33)23(32)15-31)8-10-20(22)28(35)27-21-11-9-19(14-25(21)38-29(27)30)37-26(34)12-17-6-4-3-5-7-17/h8-11,13-14,17,23-24,31-33H,3-7,12,15-16H2,1-2H3/t23-,24-/m1/s1. The van der Waals surface area contributed by atoms with Gasteiger partial charge in [-0.3, -0.25) is 9.59 Å². The van der Waals surface area contributed by atoms with E-state index in [0.29, 0.717) is 57.3 Å². The van der Waals surface area contributed by atoms with Crippen LogP contribution < -0.4 is 9.47 Å². The maximum absolute atomic E-state index is 13.6. The first-order valence-electron chi connectivity index (χ1n) is 13.3. The normalized spacial score (nSPS) is 18.5. The second kappa shape index (κ2) is 10.5. The minimum Gasteiger partial charge on any atom is -0.491 e. The molecule has 2 aliphatic carbocycles. The molecule has 202 valence electrons. The molecule has 38 heavy (non-hydrogen) atoms. The number of rotatable bonds is 8. The van der Waals surface area contributed by atoms with Crippen molar-refractivity contribution in [2.45, 2.75) is 70.0 Å². The van der Waals surface area contributed by atoms with Gasteiger partial charge in [-0.15, -0.1) is 0 Å². The maximum atomic E-state index is 13.6. The molecule has 0 unspecified atom stereocenters. The summed E-state index contributed by atoms with van der Waals surface area (Å²) in [4.78, 5) is 26.1. The van der Waals surface area contributed by atoms with E-state index in [0.717, 1.165) is 25.7 Å². The zero-order valence-corrected chi connectivity index (χ0v) is 21.7. The highest BCUT2D eigenvalue weighted by Gasteiger charge is 2.42. The van der Waals surface area contributed by atoms with E-state index in [2.05, 4.69) is 0 Å². The first-order chi connectivity index (χ1) is 18.2. The smallest absolute Gasteiger partial charge is 0.311 e. The van der Waals surface area contributed by atoms with Gasteiger partial charge in [0.15, 0.2) is 5.78 Å². The zero-order chi connectivity index (χ0) is 27.0. The van der Waals surface area contributed by atoms with Gasteiger partial charge in [0.25, 0.3) is 0 Å². The predicted octanol–water partition coefficient (Wildman–Crippen LogP) is 4.27. The molecular weight excluding hydrogens is 488 g/mol. The molecule has 0 saturated heterocycles. The van der Waals surface area contributed by atoms with Crippen LogP contribution in [0.15, 0.2) is 40.8 Å². The Labute approximate surface area is 221 Å². The Morgan fingerprint density at radius 3 is 2.53 bits per heavy atom. The number of ketones is 1. The van der Waals surface area contributed by atoms with Gasteiger partial charge >= 0.3 is 5.97 Å². The number of hydrogen-bond acceptors (Lipinski definition) is 8. The predicted molar refractivity (Wildman–Crippen MR) is 140 cm³/mol. The molecule has 2 atom stereocenters. The number of aliphatic hydroxyl groups is 3. The highest BCUT2D eigenvalue weighted by molar-refractivity contribution is 6.19. The van der Waals surface area contributed by atoms with Gasteiger partial charge in [-0.05, 0) is 68.5 Å². The quantitative estimate of drug-likeness (QED) is 0.296. The summed E-state index contributed by atoms with van der Waals surface area (Å²) in [7, 11) is 0. The van der Waals surface area contributed by atoms with Crippen LogP contribution in [0.3, 0.4) is 0 Å². The van der Waals surface area contributed by atoms with E-state index in [1.807, 2.05) is 13.8 Å². The molecule has 1 fully saturated rings. The van der Waals surface area contributed by atoms with Crippen LogP contribution >= 0.6 is 0 Å². The molecule has 0 amide bonds. The monoisotopic (exact) mass is 522 g/mol. The second-order valence-corrected chi connectivity index (χ2v) is 10.9. The minimum atomic E-state index is -1.31. The summed E-state index contributed by atoms with van der Waals surface area (Å²) in [5, 5.41) is 29.1. The van der Waals surface area contributed by atoms with Crippen LogP contribution in [0.2, 0.25) is 0 Å². The lowest BCUT2D eigenvalue weighted by Gasteiger charge is -2.31. The molecule has 0 spiro atoms. The molecule has 1 saturated carbocycles. The molecule has 0 bridgehead atoms. The molecule has 1 aromatic heterocycles. The van der Waals surface area contributed by atoms with Crippen LogP contribution in [0, 0.1) is 5.92 Å². The van der Waals surface area contributed by atoms with Crippen LogP contribution in [0.25, 0.3) is 11.0 Å². The van der Waals surface area contributed by atoms with Crippen LogP contribution in [-0.2, 0) is 10.2 Å². The number of carbonyl (C=O) groups excluding carboxylic acids is 2. The summed E-state index contributed by atoms with van der Waals surface area (Å²) >= 11 is 0. The lowest BCUT2D eigenvalue weighted by Crippen LogP contribution is -2.34. The number of aliphatic hydroxyl groups excluding tert-OH is 3. The molecule has 2 aromatic carbocycles. The Hall–Kier alpha value is -3.20. The number of esters is 1. The summed E-state index contributed by atoms with van der Waals surface area (Å²) in [6.07, 6.45) is 3.54. The van der Waals surface area contributed by atoms with E-state index in [9.17, 15) is 19.8 Å². The highest BCUT2D eigenvalue weighted by Crippen LogP contribution is 2.46. The molecule has 3 N–H and O–H groups in total. The van der Waals surface area contributed by atoms with Crippen molar-refractivity contribution in [3.05, 3.63) is 58.8 Å². The summed E-state index contributed by atoms with van der Waals surface area (Å²) in [6, 6.07) is 10.2. The Morgan fingerprint density at radius 2 is 1.79 bits per heavy atom. The van der Waals surface area contributed by atoms with E-state index in [1.165, 1.54) is 6.42 Å². The van der Waals surface area contributed by atoms with Gasteiger partial charge in [0.1, 0.15) is 41.7 Å². The van der Waals surface area contributed by atoms with Crippen molar-refractivity contribution in [3.8, 4) is 11.5 Å². The fourth-order valence-corrected chi connectivity index (χ4v) is 5.61. The number of ether oxygens (including phenoxy) is 2. The lowest BCUT2D eigenvalue weighted by molar-refractivity contribution is -0.135. The number of benzene rings is 2. The number of fused-ring (bicyclic) bond motifs is 4. The van der Waals surface area contributed by atoms with Crippen molar-refractivity contribution in [3.63, 3.8) is 0 Å². The molecule has 3 aromatic rings. The fraction of sp³-hybridized carbons (Fsp3) is 0.467. The Bertz CT molecular complexity index is 1350. The summed E-state index contributed by atoms with van der Waals surface area (Å²) in [5.74, 6) is 1.29. The van der Waals surface area contributed by atoms with Crippen LogP contribution in [0.1, 0.15) is 79.6 Å². The Balaban J connectivity index is 1.39. The van der Waals surface area contributed by atoms with E-state index in [1.54, 1.807) is 36.4 Å². The first-order valence-corrected chi connectivity index (χ1v) is 13.3. The molecule has 2 aliphatic rings. The number of carbonyl (C=O) groups is 2. The minimum absolute atomic E-state index is 0.169. The van der Waals surface area contributed by atoms with Crippen molar-refractivity contribution in [2.24, 2.45) is 5.92 Å². The molecule has 8 nitrogen and oxygen atoms in total. The average Bonchev–Trinajstić information content (AvgIpc) is 3.30. The van der Waals surface area contributed by atoms with E-state index in [-0.39, 0.29) is 18.4 Å². The van der Waals surface area contributed by atoms with Crippen molar-refractivity contribution in [1.82, 2.24) is 0 Å². The third kappa shape index (κ3) is 4.96. The van der Waals surface area contributed by atoms with Crippen LogP contribution in [-0.4, -0.2) is 52.5 Å². The summed E-state index contributed by atoms with van der Waals surface area (Å²) in [6.45, 7) is 3.12. The molecular formula is C30H34O8. The SMILES string of the molecule is CC1(C)c2cc(OC[C@@H](O)[C@H](O)CO)ccc2C(=O)c2c1oc1cc(OC(=O)CC3CCCCC3)ccc21. The number of furan rings is 1. The van der Waals surface area contributed by atoms with Gasteiger partial charge < -0.3 is 29.2 Å². The van der Waals surface area contributed by atoms with Crippen LogP contribution in [0.4, 0.5) is 0 Å². The zero-order valence-electron chi connectivity index (χ0n) is 21.7. The van der Waals surface area contributed by atoms with E-state index >= 15 is 0 Å².